The highest BCUT2D eigenvalue weighted by Crippen LogP contribution is 2.41. The summed E-state index contributed by atoms with van der Waals surface area (Å²) in [5.74, 6) is 1.37. The molecule has 2 heterocycles. The minimum Gasteiger partial charge on any atom is -0.457 e. The zero-order valence-electron chi connectivity index (χ0n) is 17.1. The molecule has 2 fully saturated rings. The number of ether oxygens (including phenoxy) is 1. The highest BCUT2D eigenvalue weighted by atomic mass is 32.2. The molecule has 2 atom stereocenters. The molecule has 158 valence electrons. The third-order valence-electron chi connectivity index (χ3n) is 5.00. The van der Waals surface area contributed by atoms with Gasteiger partial charge in [-0.05, 0) is 36.4 Å². The van der Waals surface area contributed by atoms with Crippen molar-refractivity contribution in [2.45, 2.75) is 32.1 Å². The molecular weight excluding hydrogens is 420 g/mol. The number of benzene rings is 2. The number of nitrogens with zero attached hydrogens (tertiary/aromatic N) is 2. The van der Waals surface area contributed by atoms with Crippen molar-refractivity contribution in [1.29, 1.82) is 0 Å². The third-order valence-corrected chi connectivity index (χ3v) is 8.21. The van der Waals surface area contributed by atoms with Crippen LogP contribution in [0, 0.1) is 5.41 Å². The van der Waals surface area contributed by atoms with Gasteiger partial charge in [0.15, 0.2) is 15.0 Å². The molecule has 2 aliphatic heterocycles. The lowest BCUT2D eigenvalue weighted by molar-refractivity contribution is -0.124. The summed E-state index contributed by atoms with van der Waals surface area (Å²) in [6, 6.07) is 16.7. The number of carbonyl (C=O) groups is 1. The Kier molecular flexibility index (Phi) is 5.40. The van der Waals surface area contributed by atoms with Gasteiger partial charge >= 0.3 is 0 Å². The van der Waals surface area contributed by atoms with Gasteiger partial charge in [0.2, 0.25) is 0 Å². The van der Waals surface area contributed by atoms with E-state index in [1.54, 1.807) is 0 Å². The van der Waals surface area contributed by atoms with Gasteiger partial charge < -0.3 is 9.64 Å². The van der Waals surface area contributed by atoms with E-state index >= 15 is 0 Å². The Balaban J connectivity index is 1.64. The maximum absolute atomic E-state index is 12.5. The van der Waals surface area contributed by atoms with Crippen molar-refractivity contribution in [2.75, 3.05) is 16.4 Å². The summed E-state index contributed by atoms with van der Waals surface area (Å²) in [5.41, 5.74) is 0.198. The topological polar surface area (TPSA) is 76.0 Å². The number of hydrogen-bond acceptors (Lipinski definition) is 5. The van der Waals surface area contributed by atoms with E-state index in [4.69, 9.17) is 4.74 Å². The summed E-state index contributed by atoms with van der Waals surface area (Å²) in [6.07, 6.45) is 0. The maximum atomic E-state index is 12.5. The second-order valence-corrected chi connectivity index (χ2v) is 11.9. The molecule has 2 aliphatic rings. The normalized spacial score (nSPS) is 24.1. The van der Waals surface area contributed by atoms with E-state index in [0.29, 0.717) is 10.9 Å². The first-order valence-electron chi connectivity index (χ1n) is 9.75. The molecule has 4 rings (SSSR count). The van der Waals surface area contributed by atoms with Crippen molar-refractivity contribution in [3.63, 3.8) is 0 Å². The Labute approximate surface area is 181 Å². The molecule has 2 saturated heterocycles. The predicted molar refractivity (Wildman–Crippen MR) is 121 cm³/mol. The number of carbonyl (C=O) groups excluding carboxylic acids is 1. The molecule has 0 radical (unpaired) electrons. The highest BCUT2D eigenvalue weighted by Gasteiger charge is 2.49. The van der Waals surface area contributed by atoms with Crippen molar-refractivity contribution in [2.24, 2.45) is 10.4 Å². The van der Waals surface area contributed by atoms with E-state index in [1.165, 1.54) is 11.8 Å². The molecule has 2 aromatic carbocycles. The molecule has 0 N–H and O–H groups in total. The lowest BCUT2D eigenvalue weighted by Crippen LogP contribution is -2.38. The van der Waals surface area contributed by atoms with Crippen molar-refractivity contribution < 1.29 is 17.9 Å². The molecule has 0 aliphatic carbocycles. The largest absolute Gasteiger partial charge is 0.457 e. The van der Waals surface area contributed by atoms with Crippen LogP contribution in [0.1, 0.15) is 20.8 Å². The van der Waals surface area contributed by atoms with Crippen LogP contribution in [0.2, 0.25) is 0 Å². The fourth-order valence-electron chi connectivity index (χ4n) is 3.42. The van der Waals surface area contributed by atoms with Gasteiger partial charge in [0.25, 0.3) is 5.91 Å². The van der Waals surface area contributed by atoms with Gasteiger partial charge in [-0.3, -0.25) is 4.79 Å². The number of hydrogen-bond donors (Lipinski definition) is 0. The Morgan fingerprint density at radius 2 is 1.67 bits per heavy atom. The van der Waals surface area contributed by atoms with E-state index in [9.17, 15) is 13.2 Å². The van der Waals surface area contributed by atoms with Crippen LogP contribution in [0.15, 0.2) is 59.6 Å². The summed E-state index contributed by atoms with van der Waals surface area (Å²) in [7, 11) is -3.10. The van der Waals surface area contributed by atoms with Crippen LogP contribution in [0.4, 0.5) is 5.69 Å². The first kappa shape index (κ1) is 20.9. The summed E-state index contributed by atoms with van der Waals surface area (Å²) in [4.78, 5) is 18.8. The lowest BCUT2D eigenvalue weighted by atomic mass is 9.96. The van der Waals surface area contributed by atoms with E-state index in [2.05, 4.69) is 4.99 Å². The zero-order chi connectivity index (χ0) is 21.5. The van der Waals surface area contributed by atoms with Crippen LogP contribution >= 0.6 is 11.8 Å². The van der Waals surface area contributed by atoms with E-state index in [1.807, 2.05) is 80.3 Å². The van der Waals surface area contributed by atoms with Gasteiger partial charge in [-0.2, -0.15) is 4.99 Å². The minimum absolute atomic E-state index is 0.0651. The molecule has 0 unspecified atom stereocenters. The van der Waals surface area contributed by atoms with Crippen LogP contribution in [0.3, 0.4) is 0 Å². The van der Waals surface area contributed by atoms with Crippen molar-refractivity contribution in [3.8, 4) is 11.5 Å². The van der Waals surface area contributed by atoms with Gasteiger partial charge in [-0.25, -0.2) is 8.42 Å². The minimum atomic E-state index is -3.10. The molecule has 0 aromatic heterocycles. The second-order valence-electron chi connectivity index (χ2n) is 8.53. The monoisotopic (exact) mass is 444 g/mol. The fraction of sp³-hybridized carbons (Fsp3) is 0.364. The number of rotatable bonds is 3. The molecule has 2 aromatic rings. The summed E-state index contributed by atoms with van der Waals surface area (Å²) in [6.45, 7) is 5.47. The predicted octanol–water partition coefficient (Wildman–Crippen LogP) is 4.13. The highest BCUT2D eigenvalue weighted by molar-refractivity contribution is 8.16. The Morgan fingerprint density at radius 1 is 1.03 bits per heavy atom. The molecule has 0 saturated carbocycles. The first-order chi connectivity index (χ1) is 14.1. The second kappa shape index (κ2) is 7.74. The number of aliphatic imine (C=N–C) groups is 1. The Hall–Kier alpha value is -2.32. The van der Waals surface area contributed by atoms with Crippen LogP contribution < -0.4 is 9.64 Å². The smallest absolute Gasteiger partial charge is 0.253 e. The maximum Gasteiger partial charge on any atom is 0.253 e. The molecule has 0 bridgehead atoms. The van der Waals surface area contributed by atoms with Gasteiger partial charge in [0.1, 0.15) is 11.5 Å². The molecule has 1 amide bonds. The molecule has 8 heteroatoms. The SMILES string of the molecule is CC(C)(C)C(=O)N=C1S[C@@H]2CS(=O)(=O)C[C@H]2N1c1ccc(Oc2ccccc2)cc1. The summed E-state index contributed by atoms with van der Waals surface area (Å²) >= 11 is 1.38. The Bertz CT molecular complexity index is 1070. The van der Waals surface area contributed by atoms with Gasteiger partial charge in [0, 0.05) is 16.4 Å². The van der Waals surface area contributed by atoms with E-state index in [0.717, 1.165) is 11.4 Å². The molecule has 30 heavy (non-hydrogen) atoms. The van der Waals surface area contributed by atoms with E-state index < -0.39 is 15.3 Å². The van der Waals surface area contributed by atoms with Crippen LogP contribution in [-0.4, -0.2) is 42.3 Å². The van der Waals surface area contributed by atoms with Gasteiger partial charge in [-0.1, -0.05) is 50.7 Å². The van der Waals surface area contributed by atoms with E-state index in [-0.39, 0.29) is 28.7 Å². The van der Waals surface area contributed by atoms with Crippen LogP contribution in [0.5, 0.6) is 11.5 Å². The number of sulfone groups is 1. The lowest BCUT2D eigenvalue weighted by Gasteiger charge is -2.25. The van der Waals surface area contributed by atoms with Crippen LogP contribution in [-0.2, 0) is 14.6 Å². The number of fused-ring (bicyclic) bond motifs is 1. The first-order valence-corrected chi connectivity index (χ1v) is 12.4. The van der Waals surface area contributed by atoms with Crippen molar-refractivity contribution in [1.82, 2.24) is 0 Å². The fourth-order valence-corrected chi connectivity index (χ4v) is 7.33. The quantitative estimate of drug-likeness (QED) is 0.709. The summed E-state index contributed by atoms with van der Waals surface area (Å²) in [5, 5.41) is 0.443. The number of anilines is 1. The summed E-state index contributed by atoms with van der Waals surface area (Å²) < 4.78 is 30.2. The average Bonchev–Trinajstić information content (AvgIpc) is 3.13. The van der Waals surface area contributed by atoms with Crippen molar-refractivity contribution in [3.05, 3.63) is 54.6 Å². The number of amides is 1. The van der Waals surface area contributed by atoms with Gasteiger partial charge in [0.05, 0.1) is 17.5 Å². The molecular formula is C22H24N2O4S2. The number of amidine groups is 1. The molecule has 6 nitrogen and oxygen atoms in total. The van der Waals surface area contributed by atoms with Crippen molar-refractivity contribution >= 4 is 38.4 Å². The van der Waals surface area contributed by atoms with Crippen LogP contribution in [0.25, 0.3) is 0 Å². The third kappa shape index (κ3) is 4.39. The average molecular weight is 445 g/mol. The standard InChI is InChI=1S/C22H24N2O4S2/c1-22(2,3)20(25)23-21-24(18-13-30(26,27)14-19(18)29-21)15-9-11-17(12-10-15)28-16-7-5-4-6-8-16/h4-12,18-19H,13-14H2,1-3H3/t18-,19-/m1/s1. The number of para-hydroxylation sites is 1. The zero-order valence-corrected chi connectivity index (χ0v) is 18.7. The number of thioether (sulfide) groups is 1. The Morgan fingerprint density at radius 3 is 2.30 bits per heavy atom. The molecule has 0 spiro atoms. The van der Waals surface area contributed by atoms with Gasteiger partial charge in [-0.15, -0.1) is 0 Å².